The van der Waals surface area contributed by atoms with Gasteiger partial charge in [-0.15, -0.1) is 0 Å². The number of thioether (sulfide) groups is 1. The summed E-state index contributed by atoms with van der Waals surface area (Å²) in [5.41, 5.74) is 5.89. The number of nitrogen functional groups attached to an aromatic ring is 1. The van der Waals surface area contributed by atoms with Crippen molar-refractivity contribution in [2.45, 2.75) is 30.6 Å². The highest BCUT2D eigenvalue weighted by molar-refractivity contribution is 7.99. The monoisotopic (exact) mass is 240 g/mol. The van der Waals surface area contributed by atoms with E-state index in [1.807, 2.05) is 11.8 Å². The van der Waals surface area contributed by atoms with E-state index in [0.29, 0.717) is 16.8 Å². The molecule has 88 valence electrons. The molecule has 6 heteroatoms. The number of aromatic nitrogens is 2. The molecule has 16 heavy (non-hydrogen) atoms. The molecule has 0 aromatic carbocycles. The maximum Gasteiger partial charge on any atom is 0.269 e. The van der Waals surface area contributed by atoms with Crippen molar-refractivity contribution in [1.82, 2.24) is 15.5 Å². The van der Waals surface area contributed by atoms with E-state index in [2.05, 4.69) is 21.8 Å². The lowest BCUT2D eigenvalue weighted by Gasteiger charge is -2.18. The van der Waals surface area contributed by atoms with Gasteiger partial charge >= 0.3 is 0 Å². The van der Waals surface area contributed by atoms with Crippen LogP contribution in [0.15, 0.2) is 6.07 Å². The summed E-state index contributed by atoms with van der Waals surface area (Å²) >= 11 is 1.82. The highest BCUT2D eigenvalue weighted by Crippen LogP contribution is 2.28. The van der Waals surface area contributed by atoms with Crippen molar-refractivity contribution in [3.05, 3.63) is 11.8 Å². The molecule has 0 aliphatic heterocycles. The molecule has 1 aliphatic carbocycles. The fourth-order valence-electron chi connectivity index (χ4n) is 2.07. The Morgan fingerprint density at radius 1 is 1.69 bits per heavy atom. The molecule has 5 nitrogen and oxygen atoms in total. The van der Waals surface area contributed by atoms with Crippen LogP contribution in [0.25, 0.3) is 0 Å². The van der Waals surface area contributed by atoms with E-state index in [-0.39, 0.29) is 11.9 Å². The van der Waals surface area contributed by atoms with Crippen LogP contribution in [0.2, 0.25) is 0 Å². The molecule has 1 aromatic heterocycles. The molecule has 2 unspecified atom stereocenters. The Morgan fingerprint density at radius 2 is 2.50 bits per heavy atom. The van der Waals surface area contributed by atoms with E-state index in [1.165, 1.54) is 12.8 Å². The second kappa shape index (κ2) is 4.78. The van der Waals surface area contributed by atoms with Gasteiger partial charge in [-0.05, 0) is 19.1 Å². The first-order valence-corrected chi connectivity index (χ1v) is 6.64. The highest BCUT2D eigenvalue weighted by atomic mass is 32.2. The normalized spacial score (nSPS) is 24.6. The lowest BCUT2D eigenvalue weighted by molar-refractivity contribution is 0.0933. The maximum atomic E-state index is 11.8. The number of hydrogen-bond donors (Lipinski definition) is 3. The van der Waals surface area contributed by atoms with Gasteiger partial charge < -0.3 is 11.1 Å². The Bertz CT molecular complexity index is 379. The van der Waals surface area contributed by atoms with Gasteiger partial charge in [-0.3, -0.25) is 9.89 Å². The van der Waals surface area contributed by atoms with E-state index in [1.54, 1.807) is 6.07 Å². The molecule has 2 atom stereocenters. The fourth-order valence-corrected chi connectivity index (χ4v) is 3.01. The number of aromatic amines is 1. The number of amides is 1. The number of nitrogens with two attached hydrogens (primary N) is 1. The first-order valence-electron chi connectivity index (χ1n) is 5.35. The second-order valence-electron chi connectivity index (χ2n) is 3.99. The Balaban J connectivity index is 1.97. The van der Waals surface area contributed by atoms with Crippen LogP contribution in [0.4, 0.5) is 5.82 Å². The molecule has 1 heterocycles. The molecule has 1 saturated carbocycles. The molecular weight excluding hydrogens is 224 g/mol. The lowest BCUT2D eigenvalue weighted by atomic mass is 10.2. The van der Waals surface area contributed by atoms with Crippen molar-refractivity contribution in [1.29, 1.82) is 0 Å². The van der Waals surface area contributed by atoms with Gasteiger partial charge in [0.05, 0.1) is 0 Å². The van der Waals surface area contributed by atoms with E-state index in [9.17, 15) is 4.79 Å². The van der Waals surface area contributed by atoms with E-state index in [4.69, 9.17) is 5.73 Å². The summed E-state index contributed by atoms with van der Waals surface area (Å²) in [6, 6.07) is 1.82. The van der Waals surface area contributed by atoms with Gasteiger partial charge in [0.2, 0.25) is 0 Å². The van der Waals surface area contributed by atoms with Crippen molar-refractivity contribution in [2.24, 2.45) is 0 Å². The van der Waals surface area contributed by atoms with Crippen molar-refractivity contribution < 1.29 is 4.79 Å². The number of carbonyl (C=O) groups excluding carboxylic acids is 1. The Hall–Kier alpha value is -1.17. The van der Waals surface area contributed by atoms with Crippen LogP contribution in [-0.2, 0) is 0 Å². The van der Waals surface area contributed by atoms with Crippen molar-refractivity contribution in [2.75, 3.05) is 12.0 Å². The number of hydrogen-bond acceptors (Lipinski definition) is 4. The third-order valence-corrected chi connectivity index (χ3v) is 4.08. The summed E-state index contributed by atoms with van der Waals surface area (Å²) in [6.07, 6.45) is 5.50. The molecule has 1 fully saturated rings. The summed E-state index contributed by atoms with van der Waals surface area (Å²) in [7, 11) is 0. The van der Waals surface area contributed by atoms with Crippen molar-refractivity contribution in [3.8, 4) is 0 Å². The van der Waals surface area contributed by atoms with Gasteiger partial charge in [0.1, 0.15) is 11.5 Å². The first kappa shape index (κ1) is 11.3. The first-order chi connectivity index (χ1) is 7.70. The third kappa shape index (κ3) is 2.32. The quantitative estimate of drug-likeness (QED) is 0.736. The number of nitrogens with one attached hydrogen (secondary N) is 2. The lowest BCUT2D eigenvalue weighted by Crippen LogP contribution is -2.38. The number of H-pyrrole nitrogens is 1. The Labute approximate surface area is 98.6 Å². The van der Waals surface area contributed by atoms with Crippen molar-refractivity contribution in [3.63, 3.8) is 0 Å². The van der Waals surface area contributed by atoms with Crippen LogP contribution in [0.5, 0.6) is 0 Å². The predicted molar refractivity (Wildman–Crippen MR) is 65.4 cm³/mol. The Morgan fingerprint density at radius 3 is 3.12 bits per heavy atom. The molecule has 2 rings (SSSR count). The average Bonchev–Trinajstić information content (AvgIpc) is 2.86. The standard InChI is InChI=1S/C10H16N4OS/c1-16-8-4-2-3-6(8)12-10(15)7-5-9(11)14-13-7/h5-6,8H,2-4H2,1H3,(H,12,15)(H3,11,13,14). The number of rotatable bonds is 3. The fraction of sp³-hybridized carbons (Fsp3) is 0.600. The van der Waals surface area contributed by atoms with Crippen LogP contribution in [0, 0.1) is 0 Å². The summed E-state index contributed by atoms with van der Waals surface area (Å²) in [5, 5.41) is 9.91. The molecule has 1 aromatic rings. The van der Waals surface area contributed by atoms with Crippen LogP contribution in [-0.4, -0.2) is 33.7 Å². The molecule has 0 radical (unpaired) electrons. The largest absolute Gasteiger partial charge is 0.382 e. The minimum atomic E-state index is -0.116. The van der Waals surface area contributed by atoms with Crippen LogP contribution >= 0.6 is 11.8 Å². The van der Waals surface area contributed by atoms with E-state index in [0.717, 1.165) is 6.42 Å². The summed E-state index contributed by atoms with van der Waals surface area (Å²) in [5.74, 6) is 0.230. The highest BCUT2D eigenvalue weighted by Gasteiger charge is 2.28. The van der Waals surface area contributed by atoms with E-state index < -0.39 is 0 Å². The third-order valence-electron chi connectivity index (χ3n) is 2.91. The van der Waals surface area contributed by atoms with E-state index >= 15 is 0 Å². The SMILES string of the molecule is CSC1CCCC1NC(=O)c1cc(N)n[nH]1. The zero-order chi connectivity index (χ0) is 11.5. The smallest absolute Gasteiger partial charge is 0.269 e. The second-order valence-corrected chi connectivity index (χ2v) is 5.07. The van der Waals surface area contributed by atoms with Gasteiger partial charge in [0.25, 0.3) is 5.91 Å². The van der Waals surface area contributed by atoms with Gasteiger partial charge in [0, 0.05) is 17.4 Å². The van der Waals surface area contributed by atoms with Crippen LogP contribution in [0.3, 0.4) is 0 Å². The van der Waals surface area contributed by atoms with Crippen molar-refractivity contribution >= 4 is 23.5 Å². The predicted octanol–water partition coefficient (Wildman–Crippen LogP) is 1.01. The van der Waals surface area contributed by atoms with Gasteiger partial charge in [-0.25, -0.2) is 0 Å². The zero-order valence-corrected chi connectivity index (χ0v) is 10.0. The molecule has 4 N–H and O–H groups in total. The number of nitrogens with zero attached hydrogens (tertiary/aromatic N) is 1. The molecule has 0 bridgehead atoms. The van der Waals surface area contributed by atoms with Gasteiger partial charge in [-0.1, -0.05) is 6.42 Å². The summed E-state index contributed by atoms with van der Waals surface area (Å²) < 4.78 is 0. The Kier molecular flexibility index (Phi) is 3.38. The van der Waals surface area contributed by atoms with Crippen LogP contribution in [0.1, 0.15) is 29.8 Å². The maximum absolute atomic E-state index is 11.8. The molecule has 1 amide bonds. The molecule has 0 saturated heterocycles. The average molecular weight is 240 g/mol. The van der Waals surface area contributed by atoms with Gasteiger partial charge in [0.15, 0.2) is 0 Å². The molecule has 0 spiro atoms. The number of anilines is 1. The van der Waals surface area contributed by atoms with Crippen LogP contribution < -0.4 is 11.1 Å². The molecule has 1 aliphatic rings. The molecular formula is C10H16N4OS. The van der Waals surface area contributed by atoms with Gasteiger partial charge in [-0.2, -0.15) is 16.9 Å². The topological polar surface area (TPSA) is 83.8 Å². The minimum absolute atomic E-state index is 0.116. The summed E-state index contributed by atoms with van der Waals surface area (Å²) in [4.78, 5) is 11.8. The number of carbonyl (C=O) groups is 1. The zero-order valence-electron chi connectivity index (χ0n) is 9.19. The summed E-state index contributed by atoms with van der Waals surface area (Å²) in [6.45, 7) is 0. The minimum Gasteiger partial charge on any atom is -0.382 e.